The number of carbonyl (C=O) groups is 3. The summed E-state index contributed by atoms with van der Waals surface area (Å²) in [5, 5.41) is 0. The van der Waals surface area contributed by atoms with Gasteiger partial charge in [-0.25, -0.2) is 0 Å². The molecule has 0 saturated carbocycles. The molecule has 67 heavy (non-hydrogen) atoms. The summed E-state index contributed by atoms with van der Waals surface area (Å²) in [6.45, 7) is 6.26. The van der Waals surface area contributed by atoms with Crippen LogP contribution in [0.25, 0.3) is 0 Å². The molecule has 1 unspecified atom stereocenters. The van der Waals surface area contributed by atoms with Crippen molar-refractivity contribution in [2.45, 2.75) is 207 Å². The average Bonchev–Trinajstić information content (AvgIpc) is 3.33. The van der Waals surface area contributed by atoms with Crippen molar-refractivity contribution >= 4 is 17.9 Å². The van der Waals surface area contributed by atoms with Gasteiger partial charge in [-0.15, -0.1) is 0 Å². The van der Waals surface area contributed by atoms with Crippen LogP contribution in [0.2, 0.25) is 0 Å². The van der Waals surface area contributed by atoms with Gasteiger partial charge in [0, 0.05) is 19.3 Å². The van der Waals surface area contributed by atoms with Crippen molar-refractivity contribution in [3.8, 4) is 0 Å². The first kappa shape index (κ1) is 62.3. The first-order valence-corrected chi connectivity index (χ1v) is 26.3. The Bertz CT molecular complexity index is 1530. The molecule has 0 saturated heterocycles. The molecular weight excluding hydrogens is 829 g/mol. The summed E-state index contributed by atoms with van der Waals surface area (Å²) >= 11 is 0. The van der Waals surface area contributed by atoms with Crippen LogP contribution < -0.4 is 0 Å². The molecule has 0 aromatic heterocycles. The fraction of sp³-hybridized carbons (Fsp3) is 0.557. The summed E-state index contributed by atoms with van der Waals surface area (Å²) < 4.78 is 16.7. The minimum atomic E-state index is -0.822. The standard InChI is InChI=1S/C61H94O6/c1-4-7-10-13-16-18-20-22-24-26-28-29-30-31-33-34-36-38-40-42-45-48-51-54-60(63)66-57-58(56-65-59(62)53-50-47-44-15-12-9-6-3)67-61(64)55-52-49-46-43-41-39-37-35-32-27-25-23-21-19-17-14-11-8-5-2/h7-8,10-11,16-19,22-25,28-29,31-33,35-36,38-39,41-42,45,58H,4-6,9,12-15,20-21,26-27,30,34,37,40,43-44,46-57H2,1-3H3/b10-7-,11-8-,18-16-,19-17-,24-22-,25-23-,29-28-,33-31-,35-32-,38-36-,41-39-,45-42-. The molecule has 0 radical (unpaired) electrons. The second kappa shape index (κ2) is 53.9. The van der Waals surface area contributed by atoms with Gasteiger partial charge < -0.3 is 14.2 Å². The lowest BCUT2D eigenvalue weighted by molar-refractivity contribution is -0.167. The predicted molar refractivity (Wildman–Crippen MR) is 288 cm³/mol. The molecule has 0 amide bonds. The number of hydrogen-bond acceptors (Lipinski definition) is 6. The Labute approximate surface area is 410 Å². The summed E-state index contributed by atoms with van der Waals surface area (Å²) in [6, 6.07) is 0. The van der Waals surface area contributed by atoms with Gasteiger partial charge in [0.2, 0.25) is 0 Å². The van der Waals surface area contributed by atoms with E-state index in [9.17, 15) is 14.4 Å². The molecular formula is C61H94O6. The third-order valence-corrected chi connectivity index (χ3v) is 10.3. The van der Waals surface area contributed by atoms with Crippen LogP contribution in [0.1, 0.15) is 201 Å². The Kier molecular flexibility index (Phi) is 50.1. The van der Waals surface area contributed by atoms with E-state index in [2.05, 4.69) is 167 Å². The van der Waals surface area contributed by atoms with Crippen LogP contribution in [0.3, 0.4) is 0 Å². The van der Waals surface area contributed by atoms with Gasteiger partial charge in [0.25, 0.3) is 0 Å². The SMILES string of the molecule is CC/C=C\C/C=C\C/C=C\C/C=C\C/C=C\C/C=C\C/C=C\CCCC(=O)OCC(COC(=O)CCCCCCCCC)OC(=O)CCCCC/C=C\C/C=C\C/C=C\C/C=C\C/C=C\CC. The number of unbranched alkanes of at least 4 members (excludes halogenated alkanes) is 10. The average molecular weight is 923 g/mol. The summed E-state index contributed by atoms with van der Waals surface area (Å²) in [5.41, 5.74) is 0. The minimum absolute atomic E-state index is 0.115. The van der Waals surface area contributed by atoms with Crippen LogP contribution in [0.4, 0.5) is 0 Å². The number of esters is 3. The molecule has 0 aliphatic heterocycles. The van der Waals surface area contributed by atoms with E-state index in [4.69, 9.17) is 14.2 Å². The molecule has 0 aliphatic carbocycles. The molecule has 0 rings (SSSR count). The summed E-state index contributed by atoms with van der Waals surface area (Å²) in [4.78, 5) is 37.8. The maximum absolute atomic E-state index is 12.8. The maximum atomic E-state index is 12.8. The van der Waals surface area contributed by atoms with Crippen LogP contribution in [0.15, 0.2) is 146 Å². The number of carbonyl (C=O) groups excluding carboxylic acids is 3. The van der Waals surface area contributed by atoms with E-state index in [1.807, 2.05) is 0 Å². The Morgan fingerprint density at radius 3 is 0.970 bits per heavy atom. The molecule has 0 heterocycles. The summed E-state index contributed by atoms with van der Waals surface area (Å²) in [5.74, 6) is -1.03. The highest BCUT2D eigenvalue weighted by molar-refractivity contribution is 5.71. The van der Waals surface area contributed by atoms with E-state index in [1.54, 1.807) is 0 Å². The Balaban J connectivity index is 4.45. The molecule has 0 fully saturated rings. The molecule has 6 heteroatoms. The van der Waals surface area contributed by atoms with Crippen molar-refractivity contribution in [3.63, 3.8) is 0 Å². The second-order valence-electron chi connectivity index (χ2n) is 16.7. The van der Waals surface area contributed by atoms with E-state index in [0.29, 0.717) is 19.3 Å². The van der Waals surface area contributed by atoms with Crippen LogP contribution in [-0.4, -0.2) is 37.2 Å². The zero-order valence-electron chi connectivity index (χ0n) is 42.6. The van der Waals surface area contributed by atoms with Crippen molar-refractivity contribution < 1.29 is 28.6 Å². The lowest BCUT2D eigenvalue weighted by Gasteiger charge is -2.18. The highest BCUT2D eigenvalue weighted by Gasteiger charge is 2.19. The van der Waals surface area contributed by atoms with Crippen LogP contribution in [-0.2, 0) is 28.6 Å². The van der Waals surface area contributed by atoms with Crippen molar-refractivity contribution in [2.75, 3.05) is 13.2 Å². The molecule has 1 atom stereocenters. The Morgan fingerprint density at radius 1 is 0.313 bits per heavy atom. The van der Waals surface area contributed by atoms with Crippen LogP contribution >= 0.6 is 0 Å². The number of ether oxygens (including phenoxy) is 3. The van der Waals surface area contributed by atoms with Gasteiger partial charge in [0.05, 0.1) is 0 Å². The van der Waals surface area contributed by atoms with Crippen molar-refractivity contribution in [1.82, 2.24) is 0 Å². The van der Waals surface area contributed by atoms with Crippen molar-refractivity contribution in [1.29, 1.82) is 0 Å². The molecule has 0 bridgehead atoms. The molecule has 6 nitrogen and oxygen atoms in total. The van der Waals surface area contributed by atoms with Gasteiger partial charge in [-0.3, -0.25) is 14.4 Å². The van der Waals surface area contributed by atoms with Gasteiger partial charge >= 0.3 is 17.9 Å². The zero-order chi connectivity index (χ0) is 48.6. The van der Waals surface area contributed by atoms with E-state index < -0.39 is 6.10 Å². The van der Waals surface area contributed by atoms with Crippen LogP contribution in [0, 0.1) is 0 Å². The highest BCUT2D eigenvalue weighted by atomic mass is 16.6. The second-order valence-corrected chi connectivity index (χ2v) is 16.7. The van der Waals surface area contributed by atoms with Gasteiger partial charge in [-0.1, -0.05) is 212 Å². The topological polar surface area (TPSA) is 78.9 Å². The number of rotatable bonds is 45. The largest absolute Gasteiger partial charge is 0.462 e. The quantitative estimate of drug-likeness (QED) is 0.0262. The van der Waals surface area contributed by atoms with Gasteiger partial charge in [0.1, 0.15) is 13.2 Å². The first-order valence-electron chi connectivity index (χ1n) is 26.3. The molecule has 0 aromatic carbocycles. The van der Waals surface area contributed by atoms with Gasteiger partial charge in [0.15, 0.2) is 6.10 Å². The van der Waals surface area contributed by atoms with E-state index in [0.717, 1.165) is 122 Å². The predicted octanol–water partition coefficient (Wildman–Crippen LogP) is 17.6. The Morgan fingerprint density at radius 2 is 0.597 bits per heavy atom. The molecule has 0 N–H and O–H groups in total. The van der Waals surface area contributed by atoms with Crippen LogP contribution in [0.5, 0.6) is 0 Å². The van der Waals surface area contributed by atoms with E-state index in [-0.39, 0.29) is 44.0 Å². The number of allylic oxidation sites excluding steroid dienone is 24. The molecule has 0 aliphatic rings. The van der Waals surface area contributed by atoms with Gasteiger partial charge in [-0.2, -0.15) is 0 Å². The zero-order valence-corrected chi connectivity index (χ0v) is 42.6. The fourth-order valence-corrected chi connectivity index (χ4v) is 6.46. The van der Waals surface area contributed by atoms with Crippen molar-refractivity contribution in [2.24, 2.45) is 0 Å². The molecule has 0 aromatic rings. The Hall–Kier alpha value is -4.71. The fourth-order valence-electron chi connectivity index (χ4n) is 6.46. The highest BCUT2D eigenvalue weighted by Crippen LogP contribution is 2.11. The molecule has 0 spiro atoms. The molecule has 374 valence electrons. The first-order chi connectivity index (χ1) is 33.0. The monoisotopic (exact) mass is 923 g/mol. The number of hydrogen-bond donors (Lipinski definition) is 0. The minimum Gasteiger partial charge on any atom is -0.462 e. The van der Waals surface area contributed by atoms with Gasteiger partial charge in [-0.05, 0) is 116 Å². The van der Waals surface area contributed by atoms with Crippen molar-refractivity contribution in [3.05, 3.63) is 146 Å². The van der Waals surface area contributed by atoms with E-state index in [1.165, 1.54) is 25.7 Å². The van der Waals surface area contributed by atoms with E-state index >= 15 is 0 Å². The normalized spacial score (nSPS) is 13.3. The smallest absolute Gasteiger partial charge is 0.306 e. The lowest BCUT2D eigenvalue weighted by atomic mass is 10.1. The summed E-state index contributed by atoms with van der Waals surface area (Å²) in [6.07, 6.45) is 77.1. The lowest BCUT2D eigenvalue weighted by Crippen LogP contribution is -2.30. The summed E-state index contributed by atoms with van der Waals surface area (Å²) in [7, 11) is 0. The third-order valence-electron chi connectivity index (χ3n) is 10.3. The maximum Gasteiger partial charge on any atom is 0.306 e. The third kappa shape index (κ3) is 52.1.